The lowest BCUT2D eigenvalue weighted by atomic mass is 10.1. The van der Waals surface area contributed by atoms with Crippen LogP contribution < -0.4 is 4.74 Å². The van der Waals surface area contributed by atoms with Crippen LogP contribution in [-0.4, -0.2) is 11.6 Å². The van der Waals surface area contributed by atoms with Crippen molar-refractivity contribution in [2.24, 2.45) is 0 Å². The van der Waals surface area contributed by atoms with Gasteiger partial charge in [0, 0.05) is 22.9 Å². The van der Waals surface area contributed by atoms with Crippen LogP contribution >= 0.6 is 0 Å². The van der Waals surface area contributed by atoms with Gasteiger partial charge in [0.15, 0.2) is 0 Å². The normalized spacial score (nSPS) is 12.5. The first-order chi connectivity index (χ1) is 9.36. The van der Waals surface area contributed by atoms with E-state index in [1.165, 1.54) is 33.3 Å². The molecule has 1 heterocycles. The summed E-state index contributed by atoms with van der Waals surface area (Å²) in [4.78, 5) is 3.54. The third-order valence-electron chi connectivity index (χ3n) is 3.84. The highest BCUT2D eigenvalue weighted by molar-refractivity contribution is 5.94. The molecule has 0 spiro atoms. The fourth-order valence-electron chi connectivity index (χ4n) is 3.02. The van der Waals surface area contributed by atoms with E-state index in [9.17, 15) is 0 Å². The molecule has 0 saturated heterocycles. The highest BCUT2D eigenvalue weighted by atomic mass is 16.5. The third kappa shape index (κ3) is 1.49. The summed E-state index contributed by atoms with van der Waals surface area (Å²) >= 11 is 0. The molecule has 0 fully saturated rings. The predicted molar refractivity (Wildman–Crippen MR) is 77.7 cm³/mol. The number of hydrogen-bond donors (Lipinski definition) is 1. The molecule has 1 aliphatic rings. The van der Waals surface area contributed by atoms with Gasteiger partial charge < -0.3 is 9.72 Å². The molecule has 94 valence electrons. The van der Waals surface area contributed by atoms with Crippen molar-refractivity contribution in [3.05, 3.63) is 53.6 Å². The van der Waals surface area contributed by atoms with Crippen LogP contribution in [-0.2, 0) is 6.42 Å². The lowest BCUT2D eigenvalue weighted by Gasteiger charge is -2.05. The van der Waals surface area contributed by atoms with Gasteiger partial charge in [-0.1, -0.05) is 18.2 Å². The molecule has 2 nitrogen and oxygen atoms in total. The summed E-state index contributed by atoms with van der Waals surface area (Å²) < 4.78 is 5.58. The topological polar surface area (TPSA) is 25.0 Å². The molecule has 3 aromatic rings. The Kier molecular flexibility index (Phi) is 2.18. The SMILES string of the molecule is CCOc1ccc2c(c1)Cc1c-2[nH]c2ccccc12. The van der Waals surface area contributed by atoms with Crippen LogP contribution in [0.15, 0.2) is 42.5 Å². The third-order valence-corrected chi connectivity index (χ3v) is 3.84. The first-order valence-corrected chi connectivity index (χ1v) is 6.72. The Morgan fingerprint density at radius 2 is 2.05 bits per heavy atom. The summed E-state index contributed by atoms with van der Waals surface area (Å²) in [6.07, 6.45) is 0.996. The summed E-state index contributed by atoms with van der Waals surface area (Å²) in [7, 11) is 0. The van der Waals surface area contributed by atoms with E-state index in [-0.39, 0.29) is 0 Å². The molecule has 4 rings (SSSR count). The lowest BCUT2D eigenvalue weighted by Crippen LogP contribution is -1.92. The lowest BCUT2D eigenvalue weighted by molar-refractivity contribution is 0.340. The number of para-hydroxylation sites is 1. The average Bonchev–Trinajstić information content (AvgIpc) is 2.94. The van der Waals surface area contributed by atoms with E-state index in [4.69, 9.17) is 4.74 Å². The van der Waals surface area contributed by atoms with Gasteiger partial charge >= 0.3 is 0 Å². The molecule has 0 bridgehead atoms. The van der Waals surface area contributed by atoms with Gasteiger partial charge in [0.2, 0.25) is 0 Å². The molecule has 2 aromatic carbocycles. The van der Waals surface area contributed by atoms with Crippen molar-refractivity contribution in [1.82, 2.24) is 4.98 Å². The average molecular weight is 249 g/mol. The fourth-order valence-corrected chi connectivity index (χ4v) is 3.02. The first-order valence-electron chi connectivity index (χ1n) is 6.72. The van der Waals surface area contributed by atoms with Crippen LogP contribution in [0, 0.1) is 0 Å². The number of H-pyrrole nitrogens is 1. The number of hydrogen-bond acceptors (Lipinski definition) is 1. The van der Waals surface area contributed by atoms with Gasteiger partial charge in [0.1, 0.15) is 5.75 Å². The zero-order chi connectivity index (χ0) is 12.8. The van der Waals surface area contributed by atoms with E-state index in [1.54, 1.807) is 0 Å². The minimum Gasteiger partial charge on any atom is -0.494 e. The number of ether oxygens (including phenoxy) is 1. The Bertz CT molecular complexity index is 770. The van der Waals surface area contributed by atoms with Crippen LogP contribution in [0.1, 0.15) is 18.1 Å². The monoisotopic (exact) mass is 249 g/mol. The van der Waals surface area contributed by atoms with Crippen molar-refractivity contribution in [3.8, 4) is 17.0 Å². The Labute approximate surface area is 112 Å². The van der Waals surface area contributed by atoms with E-state index in [0.717, 1.165) is 12.2 Å². The van der Waals surface area contributed by atoms with E-state index in [1.807, 2.05) is 6.92 Å². The molecule has 2 heteroatoms. The maximum absolute atomic E-state index is 5.58. The van der Waals surface area contributed by atoms with Crippen molar-refractivity contribution >= 4 is 10.9 Å². The molecule has 0 saturated carbocycles. The molecular formula is C17H15NO. The highest BCUT2D eigenvalue weighted by Gasteiger charge is 2.23. The largest absolute Gasteiger partial charge is 0.494 e. The molecule has 1 N–H and O–H groups in total. The van der Waals surface area contributed by atoms with Crippen LogP contribution in [0.3, 0.4) is 0 Å². The highest BCUT2D eigenvalue weighted by Crippen LogP contribution is 2.41. The number of aromatic amines is 1. The van der Waals surface area contributed by atoms with E-state index < -0.39 is 0 Å². The molecule has 0 radical (unpaired) electrons. The zero-order valence-electron chi connectivity index (χ0n) is 10.9. The van der Waals surface area contributed by atoms with Crippen molar-refractivity contribution in [3.63, 3.8) is 0 Å². The molecule has 0 unspecified atom stereocenters. The van der Waals surface area contributed by atoms with E-state index in [0.29, 0.717) is 6.61 Å². The Morgan fingerprint density at radius 3 is 2.95 bits per heavy atom. The van der Waals surface area contributed by atoms with Crippen LogP contribution in [0.2, 0.25) is 0 Å². The van der Waals surface area contributed by atoms with Gasteiger partial charge in [0.25, 0.3) is 0 Å². The van der Waals surface area contributed by atoms with Gasteiger partial charge in [-0.15, -0.1) is 0 Å². The second-order valence-corrected chi connectivity index (χ2v) is 4.95. The Morgan fingerprint density at radius 1 is 1.16 bits per heavy atom. The smallest absolute Gasteiger partial charge is 0.119 e. The van der Waals surface area contributed by atoms with Crippen molar-refractivity contribution in [2.75, 3.05) is 6.61 Å². The summed E-state index contributed by atoms with van der Waals surface area (Å²) in [6, 6.07) is 14.9. The Hall–Kier alpha value is -2.22. The minimum atomic E-state index is 0.715. The predicted octanol–water partition coefficient (Wildman–Crippen LogP) is 4.14. The molecule has 0 amide bonds. The first kappa shape index (κ1) is 10.7. The summed E-state index contributed by atoms with van der Waals surface area (Å²) in [6.45, 7) is 2.73. The van der Waals surface area contributed by atoms with E-state index in [2.05, 4.69) is 47.4 Å². The second kappa shape index (κ2) is 3.89. The molecule has 19 heavy (non-hydrogen) atoms. The van der Waals surface area contributed by atoms with Crippen LogP contribution in [0.25, 0.3) is 22.2 Å². The Balaban J connectivity index is 1.89. The quantitative estimate of drug-likeness (QED) is 0.567. The summed E-state index contributed by atoms with van der Waals surface area (Å²) in [5.41, 5.74) is 6.60. The van der Waals surface area contributed by atoms with Crippen molar-refractivity contribution in [1.29, 1.82) is 0 Å². The molecule has 0 atom stereocenters. The van der Waals surface area contributed by atoms with Gasteiger partial charge in [-0.05, 0) is 42.3 Å². The number of benzene rings is 2. The molecule has 1 aromatic heterocycles. The molecular weight excluding hydrogens is 234 g/mol. The maximum atomic E-state index is 5.58. The number of aromatic nitrogens is 1. The fraction of sp³-hybridized carbons (Fsp3) is 0.176. The molecule has 1 aliphatic carbocycles. The van der Waals surface area contributed by atoms with Crippen LogP contribution in [0.4, 0.5) is 0 Å². The van der Waals surface area contributed by atoms with Gasteiger partial charge in [-0.3, -0.25) is 0 Å². The molecule has 0 aliphatic heterocycles. The number of nitrogens with one attached hydrogen (secondary N) is 1. The van der Waals surface area contributed by atoms with E-state index >= 15 is 0 Å². The minimum absolute atomic E-state index is 0.715. The number of fused-ring (bicyclic) bond motifs is 5. The summed E-state index contributed by atoms with van der Waals surface area (Å²) in [5.74, 6) is 0.968. The van der Waals surface area contributed by atoms with Gasteiger partial charge in [0.05, 0.1) is 12.3 Å². The number of rotatable bonds is 2. The summed E-state index contributed by atoms with van der Waals surface area (Å²) in [5, 5.41) is 1.34. The van der Waals surface area contributed by atoms with Crippen LogP contribution in [0.5, 0.6) is 5.75 Å². The van der Waals surface area contributed by atoms with Crippen molar-refractivity contribution < 1.29 is 4.74 Å². The second-order valence-electron chi connectivity index (χ2n) is 4.95. The maximum Gasteiger partial charge on any atom is 0.119 e. The van der Waals surface area contributed by atoms with Crippen molar-refractivity contribution in [2.45, 2.75) is 13.3 Å². The van der Waals surface area contributed by atoms with Gasteiger partial charge in [-0.2, -0.15) is 0 Å². The zero-order valence-corrected chi connectivity index (χ0v) is 10.9. The standard InChI is InChI=1S/C17H15NO/c1-2-19-12-7-8-13-11(9-12)10-15-14-5-3-4-6-16(14)18-17(13)15/h3-9,18H,2,10H2,1H3. The van der Waals surface area contributed by atoms with Gasteiger partial charge in [-0.25, -0.2) is 0 Å².